The van der Waals surface area contributed by atoms with E-state index in [-0.39, 0.29) is 5.69 Å². The van der Waals surface area contributed by atoms with Crippen LogP contribution < -0.4 is 10.6 Å². The first-order valence-corrected chi connectivity index (χ1v) is 10.1. The SMILES string of the molecule is B=C1c2cnc3ccc(-c4ccc(N)nc4)nc3c2N(c2cccc(C(F)(F)F)c2)C(=O)N1C. The Morgan fingerprint density at radius 1 is 1.03 bits per heavy atom. The molecule has 4 heterocycles. The number of nitrogens with zero attached hydrogens (tertiary/aromatic N) is 5. The number of aromatic nitrogens is 3. The van der Waals surface area contributed by atoms with Crippen molar-refractivity contribution in [2.45, 2.75) is 6.18 Å². The molecule has 5 rings (SSSR count). The van der Waals surface area contributed by atoms with Crippen molar-refractivity contribution in [2.24, 2.45) is 0 Å². The average molecular weight is 460 g/mol. The maximum atomic E-state index is 13.4. The van der Waals surface area contributed by atoms with Crippen molar-refractivity contribution in [2.75, 3.05) is 17.7 Å². The van der Waals surface area contributed by atoms with Gasteiger partial charge in [0.2, 0.25) is 0 Å². The molecule has 0 aliphatic carbocycles. The first-order chi connectivity index (χ1) is 16.1. The Labute approximate surface area is 192 Å². The topological polar surface area (TPSA) is 88.2 Å². The first kappa shape index (κ1) is 21.6. The van der Waals surface area contributed by atoms with Crippen LogP contribution in [0.15, 0.2) is 60.9 Å². The Morgan fingerprint density at radius 2 is 1.82 bits per heavy atom. The van der Waals surface area contributed by atoms with Gasteiger partial charge in [-0.05, 0) is 0 Å². The molecule has 0 atom stereocenters. The molecule has 1 aliphatic rings. The van der Waals surface area contributed by atoms with Crippen LogP contribution in [0.25, 0.3) is 22.3 Å². The fraction of sp³-hybridized carbons (Fsp3) is 0.0870. The molecule has 4 aromatic rings. The number of benzene rings is 1. The Hall–Kier alpha value is -4.28. The first-order valence-electron chi connectivity index (χ1n) is 10.1. The molecule has 0 saturated heterocycles. The van der Waals surface area contributed by atoms with Crippen LogP contribution in [0.1, 0.15) is 11.1 Å². The number of nitrogen functional groups attached to an aromatic ring is 1. The number of carbonyl (C=O) groups excluding carboxylic acids is 1. The summed E-state index contributed by atoms with van der Waals surface area (Å²) in [5.74, 6) is 0.351. The predicted octanol–water partition coefficient (Wildman–Crippen LogP) is 3.88. The number of pyridine rings is 3. The summed E-state index contributed by atoms with van der Waals surface area (Å²) in [6.45, 7) is 0. The van der Waals surface area contributed by atoms with Crippen molar-refractivity contribution >= 4 is 47.3 Å². The van der Waals surface area contributed by atoms with E-state index >= 15 is 0 Å². The number of urea groups is 1. The summed E-state index contributed by atoms with van der Waals surface area (Å²) in [4.78, 5) is 29.0. The number of alkyl halides is 3. The van der Waals surface area contributed by atoms with Crippen molar-refractivity contribution in [3.05, 3.63) is 72.1 Å². The van der Waals surface area contributed by atoms with Crippen molar-refractivity contribution in [1.82, 2.24) is 19.9 Å². The molecule has 0 unspecified atom stereocenters. The monoisotopic (exact) mass is 460 g/mol. The van der Waals surface area contributed by atoms with Crippen LogP contribution in [-0.4, -0.2) is 46.0 Å². The van der Waals surface area contributed by atoms with Crippen LogP contribution >= 0.6 is 0 Å². The zero-order valence-electron chi connectivity index (χ0n) is 17.8. The molecule has 0 radical (unpaired) electrons. The molecule has 0 bridgehead atoms. The van der Waals surface area contributed by atoms with Crippen LogP contribution in [0.5, 0.6) is 0 Å². The molecule has 0 fully saturated rings. The number of hydrogen-bond acceptors (Lipinski definition) is 5. The van der Waals surface area contributed by atoms with Gasteiger partial charge in [-0.15, -0.1) is 0 Å². The Bertz CT molecular complexity index is 1470. The van der Waals surface area contributed by atoms with E-state index in [0.717, 1.165) is 12.1 Å². The van der Waals surface area contributed by atoms with Crippen molar-refractivity contribution in [3.8, 4) is 11.3 Å². The molecule has 34 heavy (non-hydrogen) atoms. The summed E-state index contributed by atoms with van der Waals surface area (Å²) < 4.78 is 40.3. The molecule has 3 aromatic heterocycles. The van der Waals surface area contributed by atoms with E-state index in [9.17, 15) is 18.0 Å². The zero-order valence-corrected chi connectivity index (χ0v) is 17.8. The normalized spacial score (nSPS) is 14.0. The molecule has 168 valence electrons. The third-order valence-electron chi connectivity index (χ3n) is 5.62. The van der Waals surface area contributed by atoms with Gasteiger partial charge in [0.25, 0.3) is 0 Å². The molecule has 11 heteroatoms. The van der Waals surface area contributed by atoms with Gasteiger partial charge in [-0.3, -0.25) is 0 Å². The molecule has 2 N–H and O–H groups in total. The zero-order chi connectivity index (χ0) is 24.2. The van der Waals surface area contributed by atoms with E-state index < -0.39 is 17.8 Å². The van der Waals surface area contributed by atoms with Crippen molar-refractivity contribution < 1.29 is 18.0 Å². The number of halogens is 3. The second kappa shape index (κ2) is 7.65. The third-order valence-corrected chi connectivity index (χ3v) is 5.62. The van der Waals surface area contributed by atoms with Crippen LogP contribution in [0.2, 0.25) is 0 Å². The Kier molecular flexibility index (Phi) is 4.85. The number of amides is 2. The summed E-state index contributed by atoms with van der Waals surface area (Å²) in [6, 6.07) is 10.9. The van der Waals surface area contributed by atoms with E-state index in [1.54, 1.807) is 30.5 Å². The summed E-state index contributed by atoms with van der Waals surface area (Å²) in [5.41, 5.74) is 8.03. The maximum absolute atomic E-state index is 13.4. The van der Waals surface area contributed by atoms with Gasteiger partial charge in [0.05, 0.1) is 0 Å². The molecule has 1 aromatic carbocycles. The number of fused-ring (bicyclic) bond motifs is 3. The van der Waals surface area contributed by atoms with Crippen molar-refractivity contribution in [3.63, 3.8) is 0 Å². The molecule has 1 aliphatic heterocycles. The molecule has 7 nitrogen and oxygen atoms in total. The standard InChI is InChI=1S/C23H16BF3N6O/c1-32-21(24)15-11-29-17-7-6-16(12-5-8-18(28)30-10-12)31-19(17)20(15)33(22(32)34)14-4-2-3-13(9-14)23(25,26)27/h2-11,24H,1H3,(H2,28,30). The number of nitrogens with two attached hydrogens (primary N) is 1. The van der Waals surface area contributed by atoms with Gasteiger partial charge in [0, 0.05) is 0 Å². The predicted molar refractivity (Wildman–Crippen MR) is 125 cm³/mol. The number of carbonyl (C=O) groups is 1. The number of anilines is 3. The number of hydrogen-bond donors (Lipinski definition) is 1. The van der Waals surface area contributed by atoms with Gasteiger partial charge in [0.15, 0.2) is 0 Å². The van der Waals surface area contributed by atoms with Gasteiger partial charge in [-0.25, -0.2) is 0 Å². The summed E-state index contributed by atoms with van der Waals surface area (Å²) in [6.07, 6.45) is -1.47. The van der Waals surface area contributed by atoms with Gasteiger partial charge >= 0.3 is 192 Å². The minimum atomic E-state index is -4.57. The van der Waals surface area contributed by atoms with E-state index in [0.29, 0.717) is 44.9 Å². The fourth-order valence-electron chi connectivity index (χ4n) is 3.81. The van der Waals surface area contributed by atoms with Gasteiger partial charge in [-0.2, -0.15) is 0 Å². The van der Waals surface area contributed by atoms with Gasteiger partial charge < -0.3 is 0 Å². The average Bonchev–Trinajstić information content (AvgIpc) is 2.82. The summed E-state index contributed by atoms with van der Waals surface area (Å²) in [7, 11) is 5.48. The molecular weight excluding hydrogens is 444 g/mol. The van der Waals surface area contributed by atoms with E-state index in [1.165, 1.54) is 35.2 Å². The van der Waals surface area contributed by atoms with Crippen LogP contribution in [0.3, 0.4) is 0 Å². The third kappa shape index (κ3) is 3.45. The second-order valence-electron chi connectivity index (χ2n) is 7.73. The van der Waals surface area contributed by atoms with Gasteiger partial charge in [-0.1, -0.05) is 0 Å². The quantitative estimate of drug-likeness (QED) is 0.459. The number of rotatable bonds is 2. The van der Waals surface area contributed by atoms with Crippen LogP contribution in [-0.2, 0) is 6.18 Å². The summed E-state index contributed by atoms with van der Waals surface area (Å²) in [5, 5.41) is 0. The Balaban J connectivity index is 1.78. The molecule has 0 saturated carbocycles. The van der Waals surface area contributed by atoms with E-state index in [1.807, 2.05) is 0 Å². The van der Waals surface area contributed by atoms with E-state index in [2.05, 4.69) is 17.5 Å². The molecule has 2 amide bonds. The second-order valence-corrected chi connectivity index (χ2v) is 7.73. The molecule has 0 spiro atoms. The van der Waals surface area contributed by atoms with Crippen LogP contribution in [0.4, 0.5) is 35.2 Å². The minimum absolute atomic E-state index is 0.0503. The van der Waals surface area contributed by atoms with Crippen molar-refractivity contribution in [1.29, 1.82) is 0 Å². The van der Waals surface area contributed by atoms with Gasteiger partial charge in [0.1, 0.15) is 0 Å². The summed E-state index contributed by atoms with van der Waals surface area (Å²) >= 11 is 0. The van der Waals surface area contributed by atoms with E-state index in [4.69, 9.17) is 10.7 Å². The Morgan fingerprint density at radius 3 is 2.53 bits per heavy atom. The van der Waals surface area contributed by atoms with Crippen LogP contribution in [0, 0.1) is 0 Å². The molecular formula is C23H16BF3N6O. The fourth-order valence-corrected chi connectivity index (χ4v) is 3.81.